The third-order valence-electron chi connectivity index (χ3n) is 3.76. The predicted octanol–water partition coefficient (Wildman–Crippen LogP) is 2.69. The Hall–Kier alpha value is -1.84. The van der Waals surface area contributed by atoms with Crippen molar-refractivity contribution in [3.05, 3.63) is 29.8 Å². The number of hydrogen-bond acceptors (Lipinski definition) is 2. The topological polar surface area (TPSA) is 66.4 Å². The van der Waals surface area contributed by atoms with Crippen molar-refractivity contribution in [2.75, 3.05) is 5.32 Å². The number of benzene rings is 1. The first-order chi connectivity index (χ1) is 9.10. The van der Waals surface area contributed by atoms with E-state index >= 15 is 0 Å². The minimum Gasteiger partial charge on any atom is -0.481 e. The lowest BCUT2D eigenvalue weighted by Crippen LogP contribution is -2.21. The van der Waals surface area contributed by atoms with Crippen LogP contribution in [0.3, 0.4) is 0 Å². The smallest absolute Gasteiger partial charge is 0.306 e. The Labute approximate surface area is 112 Å². The highest BCUT2D eigenvalue weighted by Gasteiger charge is 2.33. The Morgan fingerprint density at radius 2 is 2.05 bits per heavy atom. The molecule has 1 amide bonds. The maximum Gasteiger partial charge on any atom is 0.306 e. The van der Waals surface area contributed by atoms with Crippen LogP contribution in [0.15, 0.2) is 24.3 Å². The molecule has 0 aromatic heterocycles. The molecule has 1 aliphatic rings. The highest BCUT2D eigenvalue weighted by atomic mass is 16.4. The molecule has 19 heavy (non-hydrogen) atoms. The molecule has 1 aliphatic carbocycles. The summed E-state index contributed by atoms with van der Waals surface area (Å²) >= 11 is 0. The Bertz CT molecular complexity index is 484. The van der Waals surface area contributed by atoms with Crippen LogP contribution in [0.5, 0.6) is 0 Å². The fourth-order valence-corrected chi connectivity index (χ4v) is 2.56. The molecule has 102 valence electrons. The third-order valence-corrected chi connectivity index (χ3v) is 3.76. The van der Waals surface area contributed by atoms with E-state index in [1.807, 2.05) is 24.3 Å². The fourth-order valence-electron chi connectivity index (χ4n) is 2.56. The lowest BCUT2D eigenvalue weighted by atomic mass is 10.0. The molecule has 1 fully saturated rings. The van der Waals surface area contributed by atoms with Gasteiger partial charge in [0.25, 0.3) is 0 Å². The van der Waals surface area contributed by atoms with Crippen LogP contribution in [0.2, 0.25) is 0 Å². The average Bonchev–Trinajstić information content (AvgIpc) is 2.89. The molecule has 2 unspecified atom stereocenters. The first-order valence-corrected chi connectivity index (χ1v) is 6.72. The number of rotatable bonds is 4. The van der Waals surface area contributed by atoms with E-state index in [1.165, 1.54) is 5.56 Å². The summed E-state index contributed by atoms with van der Waals surface area (Å²) in [4.78, 5) is 23.0. The fraction of sp³-hybridized carbons (Fsp3) is 0.467. The summed E-state index contributed by atoms with van der Waals surface area (Å²) in [7, 11) is 0. The second-order valence-corrected chi connectivity index (χ2v) is 5.09. The SMILES string of the molecule is CCc1cccc(NC(=O)C2CCC(C(=O)O)C2)c1. The maximum atomic E-state index is 12.1. The van der Waals surface area contributed by atoms with Crippen LogP contribution in [0.25, 0.3) is 0 Å². The molecule has 0 aliphatic heterocycles. The van der Waals surface area contributed by atoms with E-state index in [-0.39, 0.29) is 17.7 Å². The van der Waals surface area contributed by atoms with E-state index < -0.39 is 5.97 Å². The normalized spacial score (nSPS) is 22.2. The number of hydrogen-bond donors (Lipinski definition) is 2. The molecular weight excluding hydrogens is 242 g/mol. The first-order valence-electron chi connectivity index (χ1n) is 6.72. The highest BCUT2D eigenvalue weighted by Crippen LogP contribution is 2.31. The van der Waals surface area contributed by atoms with E-state index in [4.69, 9.17) is 5.11 Å². The monoisotopic (exact) mass is 261 g/mol. The summed E-state index contributed by atoms with van der Waals surface area (Å²) in [5.74, 6) is -1.38. The summed E-state index contributed by atoms with van der Waals surface area (Å²) in [6.07, 6.45) is 2.64. The maximum absolute atomic E-state index is 12.1. The quantitative estimate of drug-likeness (QED) is 0.875. The van der Waals surface area contributed by atoms with Gasteiger partial charge in [-0.1, -0.05) is 19.1 Å². The van der Waals surface area contributed by atoms with Crippen molar-refractivity contribution < 1.29 is 14.7 Å². The molecule has 0 spiro atoms. The zero-order valence-electron chi connectivity index (χ0n) is 11.1. The molecule has 2 atom stereocenters. The molecule has 1 aromatic rings. The van der Waals surface area contributed by atoms with Crippen LogP contribution < -0.4 is 5.32 Å². The van der Waals surface area contributed by atoms with Gasteiger partial charge in [0.05, 0.1) is 5.92 Å². The van der Waals surface area contributed by atoms with E-state index in [1.54, 1.807) is 0 Å². The van der Waals surface area contributed by atoms with Gasteiger partial charge in [0.15, 0.2) is 0 Å². The lowest BCUT2D eigenvalue weighted by Gasteiger charge is -2.11. The van der Waals surface area contributed by atoms with Crippen molar-refractivity contribution >= 4 is 17.6 Å². The van der Waals surface area contributed by atoms with Crippen LogP contribution >= 0.6 is 0 Å². The second-order valence-electron chi connectivity index (χ2n) is 5.09. The molecule has 0 saturated heterocycles. The Kier molecular flexibility index (Phi) is 4.20. The van der Waals surface area contributed by atoms with Gasteiger partial charge in [-0.3, -0.25) is 9.59 Å². The highest BCUT2D eigenvalue weighted by molar-refractivity contribution is 5.93. The number of carbonyl (C=O) groups is 2. The number of carboxylic acids is 1. The van der Waals surface area contributed by atoms with Crippen LogP contribution in [0.4, 0.5) is 5.69 Å². The van der Waals surface area contributed by atoms with Crippen molar-refractivity contribution in [2.45, 2.75) is 32.6 Å². The van der Waals surface area contributed by atoms with Gasteiger partial charge in [-0.2, -0.15) is 0 Å². The Morgan fingerprint density at radius 3 is 2.68 bits per heavy atom. The van der Waals surface area contributed by atoms with E-state index in [9.17, 15) is 9.59 Å². The van der Waals surface area contributed by atoms with E-state index in [0.29, 0.717) is 19.3 Å². The minimum absolute atomic E-state index is 0.0583. The number of aryl methyl sites for hydroxylation is 1. The van der Waals surface area contributed by atoms with Crippen molar-refractivity contribution in [2.24, 2.45) is 11.8 Å². The van der Waals surface area contributed by atoms with Crippen LogP contribution in [-0.4, -0.2) is 17.0 Å². The molecule has 2 rings (SSSR count). The molecular formula is C15H19NO3. The summed E-state index contributed by atoms with van der Waals surface area (Å²) < 4.78 is 0. The summed E-state index contributed by atoms with van der Waals surface area (Å²) in [6, 6.07) is 7.76. The van der Waals surface area contributed by atoms with Crippen molar-refractivity contribution in [1.82, 2.24) is 0 Å². The lowest BCUT2D eigenvalue weighted by molar-refractivity contribution is -0.141. The summed E-state index contributed by atoms with van der Waals surface area (Å²) in [5, 5.41) is 11.8. The largest absolute Gasteiger partial charge is 0.481 e. The van der Waals surface area contributed by atoms with Crippen molar-refractivity contribution in [3.63, 3.8) is 0 Å². The van der Waals surface area contributed by atoms with Crippen LogP contribution in [0, 0.1) is 11.8 Å². The third kappa shape index (κ3) is 3.34. The number of carbonyl (C=O) groups excluding carboxylic acids is 1. The number of anilines is 1. The van der Waals surface area contributed by atoms with Gasteiger partial charge in [0.2, 0.25) is 5.91 Å². The zero-order chi connectivity index (χ0) is 13.8. The molecule has 1 saturated carbocycles. The minimum atomic E-state index is -0.789. The van der Waals surface area contributed by atoms with E-state index in [2.05, 4.69) is 12.2 Å². The predicted molar refractivity (Wildman–Crippen MR) is 72.9 cm³/mol. The average molecular weight is 261 g/mol. The number of amides is 1. The molecule has 2 N–H and O–H groups in total. The molecule has 4 heteroatoms. The van der Waals surface area contributed by atoms with Crippen LogP contribution in [0.1, 0.15) is 31.7 Å². The van der Waals surface area contributed by atoms with Crippen molar-refractivity contribution in [1.29, 1.82) is 0 Å². The van der Waals surface area contributed by atoms with E-state index in [0.717, 1.165) is 12.1 Å². The zero-order valence-corrected chi connectivity index (χ0v) is 11.1. The Balaban J connectivity index is 1.96. The van der Waals surface area contributed by atoms with Gasteiger partial charge in [-0.05, 0) is 43.4 Å². The summed E-state index contributed by atoms with van der Waals surface area (Å²) in [5.41, 5.74) is 1.97. The standard InChI is InChI=1S/C15H19NO3/c1-2-10-4-3-5-13(8-10)16-14(17)11-6-7-12(9-11)15(18)19/h3-5,8,11-12H,2,6-7,9H2,1H3,(H,16,17)(H,18,19). The van der Waals surface area contributed by atoms with Crippen LogP contribution in [-0.2, 0) is 16.0 Å². The molecule has 0 radical (unpaired) electrons. The van der Waals surface area contributed by atoms with Gasteiger partial charge in [-0.25, -0.2) is 0 Å². The molecule has 0 bridgehead atoms. The number of aliphatic carboxylic acids is 1. The first kappa shape index (κ1) is 13.6. The Morgan fingerprint density at radius 1 is 1.32 bits per heavy atom. The molecule has 4 nitrogen and oxygen atoms in total. The summed E-state index contributed by atoms with van der Waals surface area (Å²) in [6.45, 7) is 2.06. The van der Waals surface area contributed by atoms with Gasteiger partial charge in [-0.15, -0.1) is 0 Å². The van der Waals surface area contributed by atoms with Gasteiger partial charge >= 0.3 is 5.97 Å². The van der Waals surface area contributed by atoms with Gasteiger partial charge in [0.1, 0.15) is 0 Å². The number of nitrogens with one attached hydrogen (secondary N) is 1. The molecule has 1 aromatic carbocycles. The van der Waals surface area contributed by atoms with Crippen molar-refractivity contribution in [3.8, 4) is 0 Å². The number of carboxylic acid groups (broad SMARTS) is 1. The van der Waals surface area contributed by atoms with Gasteiger partial charge in [0, 0.05) is 11.6 Å². The second kappa shape index (κ2) is 5.87. The molecule has 0 heterocycles. The van der Waals surface area contributed by atoms with Gasteiger partial charge < -0.3 is 10.4 Å².